The number of barbiturate groups is 1. The van der Waals surface area contributed by atoms with Gasteiger partial charge in [-0.2, -0.15) is 0 Å². The van der Waals surface area contributed by atoms with E-state index < -0.39 is 30.4 Å². The van der Waals surface area contributed by atoms with E-state index >= 15 is 0 Å². The topological polar surface area (TPSA) is 104 Å². The number of imide groups is 2. The highest BCUT2D eigenvalue weighted by molar-refractivity contribution is 9.10. The van der Waals surface area contributed by atoms with Gasteiger partial charge in [0, 0.05) is 10.0 Å². The summed E-state index contributed by atoms with van der Waals surface area (Å²) in [5.41, 5.74) is 0.607. The molecule has 0 aromatic heterocycles. The second kappa shape index (κ2) is 9.72. The Kier molecular flexibility index (Phi) is 6.55. The van der Waals surface area contributed by atoms with E-state index in [2.05, 4.69) is 15.9 Å². The van der Waals surface area contributed by atoms with Gasteiger partial charge in [-0.15, -0.1) is 0 Å². The van der Waals surface area contributed by atoms with Crippen LogP contribution in [-0.2, 0) is 14.4 Å². The van der Waals surface area contributed by atoms with E-state index in [0.717, 1.165) is 9.80 Å². The Balaban J connectivity index is 1.86. The summed E-state index contributed by atoms with van der Waals surface area (Å²) in [7, 11) is 0. The average molecular weight is 521 g/mol. The lowest BCUT2D eigenvalue weighted by Crippen LogP contribution is -2.57. The van der Waals surface area contributed by atoms with Crippen molar-refractivity contribution >= 4 is 57.2 Å². The van der Waals surface area contributed by atoms with Gasteiger partial charge in [0.25, 0.3) is 11.8 Å². The van der Waals surface area contributed by atoms with Gasteiger partial charge in [-0.3, -0.25) is 9.59 Å². The van der Waals surface area contributed by atoms with Crippen molar-refractivity contribution < 1.29 is 29.0 Å². The van der Waals surface area contributed by atoms with E-state index in [4.69, 9.17) is 9.84 Å². The number of carbonyl (C=O) groups excluding carboxylic acids is 3. The first-order chi connectivity index (χ1) is 16.4. The highest BCUT2D eigenvalue weighted by Gasteiger charge is 2.43. The SMILES string of the molecule is O=C(O)COc1ccc(Br)cc1C=C1C(=O)N(c2ccccc2)C(=O)N(c2ccccc2)C1=O. The molecule has 3 aromatic carbocycles. The average Bonchev–Trinajstić information content (AvgIpc) is 2.82. The summed E-state index contributed by atoms with van der Waals surface area (Å²) in [5.74, 6) is -2.63. The van der Waals surface area contributed by atoms with Crippen molar-refractivity contribution in [1.29, 1.82) is 0 Å². The van der Waals surface area contributed by atoms with Crippen molar-refractivity contribution in [3.8, 4) is 5.75 Å². The van der Waals surface area contributed by atoms with Crippen molar-refractivity contribution in [3.05, 3.63) is 94.5 Å². The number of urea groups is 1. The van der Waals surface area contributed by atoms with Crippen LogP contribution in [0.5, 0.6) is 5.75 Å². The predicted molar refractivity (Wildman–Crippen MR) is 129 cm³/mol. The number of carbonyl (C=O) groups is 4. The van der Waals surface area contributed by atoms with Gasteiger partial charge in [-0.1, -0.05) is 52.3 Å². The van der Waals surface area contributed by atoms with Crippen molar-refractivity contribution in [2.24, 2.45) is 0 Å². The van der Waals surface area contributed by atoms with Crippen LogP contribution in [0.2, 0.25) is 0 Å². The molecule has 0 atom stereocenters. The number of benzene rings is 3. The summed E-state index contributed by atoms with van der Waals surface area (Å²) >= 11 is 3.33. The number of anilines is 2. The molecule has 0 spiro atoms. The molecule has 1 saturated heterocycles. The fourth-order valence-corrected chi connectivity index (χ4v) is 3.78. The largest absolute Gasteiger partial charge is 0.481 e. The molecule has 4 amide bonds. The zero-order valence-corrected chi connectivity index (χ0v) is 19.1. The molecule has 1 aliphatic heterocycles. The van der Waals surface area contributed by atoms with Crippen LogP contribution >= 0.6 is 15.9 Å². The van der Waals surface area contributed by atoms with Crippen molar-refractivity contribution in [2.45, 2.75) is 0 Å². The number of para-hydroxylation sites is 2. The maximum absolute atomic E-state index is 13.4. The van der Waals surface area contributed by atoms with Gasteiger partial charge < -0.3 is 9.84 Å². The monoisotopic (exact) mass is 520 g/mol. The van der Waals surface area contributed by atoms with Gasteiger partial charge in [0.15, 0.2) is 6.61 Å². The molecule has 1 heterocycles. The fraction of sp³-hybridized carbons (Fsp3) is 0.0400. The van der Waals surface area contributed by atoms with Crippen LogP contribution in [0.15, 0.2) is 88.9 Å². The summed E-state index contributed by atoms with van der Waals surface area (Å²) in [4.78, 5) is 53.0. The third-order valence-corrected chi connectivity index (χ3v) is 5.39. The number of hydrogen-bond acceptors (Lipinski definition) is 5. The highest BCUT2D eigenvalue weighted by atomic mass is 79.9. The third-order valence-electron chi connectivity index (χ3n) is 4.90. The third kappa shape index (κ3) is 4.60. The summed E-state index contributed by atoms with van der Waals surface area (Å²) < 4.78 is 5.95. The van der Waals surface area contributed by atoms with Crippen LogP contribution in [0.4, 0.5) is 16.2 Å². The molecule has 0 aliphatic carbocycles. The number of nitrogens with zero attached hydrogens (tertiary/aromatic N) is 2. The zero-order valence-electron chi connectivity index (χ0n) is 17.6. The van der Waals surface area contributed by atoms with Gasteiger partial charge in [-0.25, -0.2) is 19.4 Å². The molecule has 0 unspecified atom stereocenters. The molecule has 0 radical (unpaired) electrons. The van der Waals surface area contributed by atoms with Gasteiger partial charge in [-0.05, 0) is 48.5 Å². The Morgan fingerprint density at radius 1 is 0.853 bits per heavy atom. The van der Waals surface area contributed by atoms with E-state index in [-0.39, 0.29) is 11.3 Å². The van der Waals surface area contributed by atoms with Crippen molar-refractivity contribution in [2.75, 3.05) is 16.4 Å². The van der Waals surface area contributed by atoms with Gasteiger partial charge in [0.2, 0.25) is 0 Å². The van der Waals surface area contributed by atoms with E-state index in [1.165, 1.54) is 12.1 Å². The number of carboxylic acid groups (broad SMARTS) is 1. The van der Waals surface area contributed by atoms with E-state index in [0.29, 0.717) is 21.4 Å². The van der Waals surface area contributed by atoms with Crippen LogP contribution in [0, 0.1) is 0 Å². The van der Waals surface area contributed by atoms with Gasteiger partial charge >= 0.3 is 12.0 Å². The molecular formula is C25H17BrN2O6. The minimum Gasteiger partial charge on any atom is -0.481 e. The Hall–Kier alpha value is -4.24. The van der Waals surface area contributed by atoms with Crippen LogP contribution in [0.3, 0.4) is 0 Å². The van der Waals surface area contributed by atoms with Crippen molar-refractivity contribution in [1.82, 2.24) is 0 Å². The number of carboxylic acids is 1. The van der Waals surface area contributed by atoms with E-state index in [1.807, 2.05) is 0 Å². The van der Waals surface area contributed by atoms with Crippen LogP contribution in [-0.4, -0.2) is 35.5 Å². The fourth-order valence-electron chi connectivity index (χ4n) is 3.40. The highest BCUT2D eigenvalue weighted by Crippen LogP contribution is 2.32. The summed E-state index contributed by atoms with van der Waals surface area (Å²) in [6.45, 7) is -0.607. The van der Waals surface area contributed by atoms with Crippen LogP contribution in [0.25, 0.3) is 6.08 Å². The lowest BCUT2D eigenvalue weighted by molar-refractivity contribution is -0.139. The molecule has 1 N–H and O–H groups in total. The van der Waals surface area contributed by atoms with Crippen molar-refractivity contribution in [3.63, 3.8) is 0 Å². The number of amides is 4. The molecule has 8 nitrogen and oxygen atoms in total. The summed E-state index contributed by atoms with van der Waals surface area (Å²) in [5, 5.41) is 8.97. The number of halogens is 1. The molecule has 9 heteroatoms. The maximum Gasteiger partial charge on any atom is 0.343 e. The number of rotatable bonds is 6. The molecule has 4 rings (SSSR count). The Morgan fingerprint density at radius 3 is 1.88 bits per heavy atom. The first-order valence-electron chi connectivity index (χ1n) is 10.1. The molecule has 170 valence electrons. The second-order valence-corrected chi connectivity index (χ2v) is 8.07. The lowest BCUT2D eigenvalue weighted by atomic mass is 10.0. The predicted octanol–water partition coefficient (Wildman–Crippen LogP) is 4.50. The quantitative estimate of drug-likeness (QED) is 0.379. The van der Waals surface area contributed by atoms with E-state index in [1.54, 1.807) is 72.8 Å². The number of aliphatic carboxylic acids is 1. The summed E-state index contributed by atoms with van der Waals surface area (Å²) in [6, 6.07) is 20.5. The molecule has 1 fully saturated rings. The standard InChI is InChI=1S/C25H17BrN2O6/c26-17-11-12-21(34-15-22(29)30)16(13-17)14-20-23(31)27(18-7-3-1-4-8-18)25(33)28(24(20)32)19-9-5-2-6-10-19/h1-14H,15H2,(H,29,30). The first-order valence-corrected chi connectivity index (χ1v) is 10.8. The molecule has 0 saturated carbocycles. The number of hydrogen-bond donors (Lipinski definition) is 1. The smallest absolute Gasteiger partial charge is 0.343 e. The second-order valence-electron chi connectivity index (χ2n) is 7.16. The molecular weight excluding hydrogens is 504 g/mol. The normalized spacial score (nSPS) is 13.8. The molecule has 34 heavy (non-hydrogen) atoms. The maximum atomic E-state index is 13.4. The zero-order chi connectivity index (χ0) is 24.2. The Bertz CT molecular complexity index is 1240. The molecule has 3 aromatic rings. The molecule has 1 aliphatic rings. The summed E-state index contributed by atoms with van der Waals surface area (Å²) in [6.07, 6.45) is 1.30. The number of ether oxygens (including phenoxy) is 1. The molecule has 0 bridgehead atoms. The van der Waals surface area contributed by atoms with Crippen LogP contribution < -0.4 is 14.5 Å². The minimum atomic E-state index is -1.18. The van der Waals surface area contributed by atoms with Crippen LogP contribution in [0.1, 0.15) is 5.56 Å². The lowest BCUT2D eigenvalue weighted by Gasteiger charge is -2.34. The van der Waals surface area contributed by atoms with Gasteiger partial charge in [0.1, 0.15) is 11.3 Å². The van der Waals surface area contributed by atoms with Gasteiger partial charge in [0.05, 0.1) is 11.4 Å². The Labute approximate surface area is 202 Å². The Morgan fingerprint density at radius 2 is 1.38 bits per heavy atom. The minimum absolute atomic E-state index is 0.160. The van der Waals surface area contributed by atoms with E-state index in [9.17, 15) is 19.2 Å². The first kappa shape index (κ1) is 22.9.